The summed E-state index contributed by atoms with van der Waals surface area (Å²) in [5.74, 6) is 0. The number of hydrogen-bond acceptors (Lipinski definition) is 0. The molecule has 2 aromatic rings. The van der Waals surface area contributed by atoms with E-state index in [4.69, 9.17) is 0 Å². The first-order valence-corrected chi connectivity index (χ1v) is 9.08. The second-order valence-corrected chi connectivity index (χ2v) is 6.36. The molecule has 0 nitrogen and oxygen atoms in total. The molecule has 0 spiro atoms. The van der Waals surface area contributed by atoms with E-state index < -0.39 is 0 Å². The molecule has 0 radical (unpaired) electrons. The summed E-state index contributed by atoms with van der Waals surface area (Å²) in [5, 5.41) is 2.65. The van der Waals surface area contributed by atoms with Crippen molar-refractivity contribution in [3.05, 3.63) is 66.3 Å². The lowest BCUT2D eigenvalue weighted by Crippen LogP contribution is -1.82. The summed E-state index contributed by atoms with van der Waals surface area (Å²) < 4.78 is 0. The van der Waals surface area contributed by atoms with Crippen LogP contribution < -0.4 is 0 Å². The van der Waals surface area contributed by atoms with E-state index in [0.29, 0.717) is 0 Å². The maximum absolute atomic E-state index is 2.41. The van der Waals surface area contributed by atoms with Gasteiger partial charge < -0.3 is 0 Å². The molecule has 2 rings (SSSR count). The third-order valence-electron chi connectivity index (χ3n) is 4.47. The lowest BCUT2D eigenvalue weighted by atomic mass is 10.0. The van der Waals surface area contributed by atoms with Crippen LogP contribution in [0, 0.1) is 0 Å². The first kappa shape index (κ1) is 17.5. The minimum Gasteiger partial charge on any atom is -0.0917 e. The highest BCUT2D eigenvalue weighted by molar-refractivity contribution is 5.86. The fraction of sp³-hybridized carbons (Fsp3) is 0.391. The molecule has 0 aliphatic carbocycles. The summed E-state index contributed by atoms with van der Waals surface area (Å²) in [7, 11) is 0. The van der Waals surface area contributed by atoms with E-state index in [9.17, 15) is 0 Å². The topological polar surface area (TPSA) is 0 Å². The van der Waals surface area contributed by atoms with Crippen molar-refractivity contribution in [1.29, 1.82) is 0 Å². The van der Waals surface area contributed by atoms with Crippen LogP contribution in [-0.4, -0.2) is 0 Å². The Bertz CT molecular complexity index is 646. The van der Waals surface area contributed by atoms with Crippen molar-refractivity contribution >= 4 is 16.3 Å². The van der Waals surface area contributed by atoms with Crippen LogP contribution >= 0.6 is 0 Å². The lowest BCUT2D eigenvalue weighted by molar-refractivity contribution is 0.622. The number of hydrogen-bond donors (Lipinski definition) is 0. The van der Waals surface area contributed by atoms with Gasteiger partial charge in [-0.05, 0) is 67.5 Å². The highest BCUT2D eigenvalue weighted by Gasteiger charge is 1.98. The molecule has 0 fully saturated rings. The van der Waals surface area contributed by atoms with E-state index in [0.717, 1.165) is 0 Å². The Morgan fingerprint density at radius 2 is 1.52 bits per heavy atom. The third kappa shape index (κ3) is 6.06. The number of unbranched alkanes of at least 4 members (excludes halogenated alkanes) is 6. The van der Waals surface area contributed by atoms with Crippen LogP contribution in [0.1, 0.15) is 64.4 Å². The second kappa shape index (κ2) is 10.0. The standard InChI is InChI=1S/C23H30/c1-3-4-5-6-7-8-9-10-11-14-20(2)22-18-17-21-15-12-13-16-23(21)19-22/h3-4,12-19H,5-11H2,1-2H3. The molecule has 0 N–H and O–H groups in total. The number of rotatable bonds is 9. The Kier molecular flexibility index (Phi) is 7.66. The average molecular weight is 306 g/mol. The summed E-state index contributed by atoms with van der Waals surface area (Å²) >= 11 is 0. The molecule has 0 saturated carbocycles. The van der Waals surface area contributed by atoms with Gasteiger partial charge in [0.1, 0.15) is 0 Å². The zero-order chi connectivity index (χ0) is 16.3. The van der Waals surface area contributed by atoms with Crippen LogP contribution in [-0.2, 0) is 0 Å². The SMILES string of the molecule is CC=CCCCCCCCC=C(C)c1ccc2ccccc2c1. The third-order valence-corrected chi connectivity index (χ3v) is 4.47. The smallest absolute Gasteiger partial charge is 0.0178 e. The van der Waals surface area contributed by atoms with E-state index in [-0.39, 0.29) is 0 Å². The zero-order valence-electron chi connectivity index (χ0n) is 14.7. The lowest BCUT2D eigenvalue weighted by Gasteiger charge is -2.05. The molecule has 0 aromatic heterocycles. The first-order valence-electron chi connectivity index (χ1n) is 9.08. The van der Waals surface area contributed by atoms with Gasteiger partial charge in [-0.25, -0.2) is 0 Å². The molecular weight excluding hydrogens is 276 g/mol. The monoisotopic (exact) mass is 306 g/mol. The van der Waals surface area contributed by atoms with Gasteiger partial charge in [0, 0.05) is 0 Å². The number of fused-ring (bicyclic) bond motifs is 1. The fourth-order valence-corrected chi connectivity index (χ4v) is 2.97. The molecule has 0 saturated heterocycles. The summed E-state index contributed by atoms with van der Waals surface area (Å²) in [5.41, 5.74) is 2.76. The highest BCUT2D eigenvalue weighted by Crippen LogP contribution is 2.21. The Labute approximate surface area is 141 Å². The van der Waals surface area contributed by atoms with Gasteiger partial charge in [0.2, 0.25) is 0 Å². The normalized spacial score (nSPS) is 12.3. The van der Waals surface area contributed by atoms with Gasteiger partial charge in [-0.1, -0.05) is 73.9 Å². The molecular formula is C23H30. The van der Waals surface area contributed by atoms with Gasteiger partial charge in [-0.3, -0.25) is 0 Å². The maximum Gasteiger partial charge on any atom is -0.0178 e. The van der Waals surface area contributed by atoms with E-state index >= 15 is 0 Å². The largest absolute Gasteiger partial charge is 0.0917 e. The molecule has 0 aliphatic heterocycles. The van der Waals surface area contributed by atoms with E-state index in [1.165, 1.54) is 66.9 Å². The van der Waals surface area contributed by atoms with Gasteiger partial charge in [0.05, 0.1) is 0 Å². The van der Waals surface area contributed by atoms with E-state index in [1.807, 2.05) is 0 Å². The van der Waals surface area contributed by atoms with Gasteiger partial charge in [-0.15, -0.1) is 0 Å². The summed E-state index contributed by atoms with van der Waals surface area (Å²) in [6.45, 7) is 4.34. The number of allylic oxidation sites excluding steroid dienone is 4. The second-order valence-electron chi connectivity index (χ2n) is 6.36. The molecule has 2 aromatic carbocycles. The molecule has 122 valence electrons. The predicted molar refractivity (Wildman–Crippen MR) is 105 cm³/mol. The minimum absolute atomic E-state index is 1.20. The summed E-state index contributed by atoms with van der Waals surface area (Å²) in [6.07, 6.45) is 16.0. The van der Waals surface area contributed by atoms with Crippen LogP contribution in [0.15, 0.2) is 60.7 Å². The van der Waals surface area contributed by atoms with Crippen molar-refractivity contribution in [3.8, 4) is 0 Å². The molecule has 0 bridgehead atoms. The van der Waals surface area contributed by atoms with E-state index in [2.05, 4.69) is 74.5 Å². The van der Waals surface area contributed by atoms with Crippen LogP contribution in [0.25, 0.3) is 16.3 Å². The quantitative estimate of drug-likeness (QED) is 0.331. The summed E-state index contributed by atoms with van der Waals surface area (Å²) in [4.78, 5) is 0. The van der Waals surface area contributed by atoms with Gasteiger partial charge in [0.25, 0.3) is 0 Å². The highest BCUT2D eigenvalue weighted by atomic mass is 14.0. The molecule has 0 unspecified atom stereocenters. The molecule has 0 aliphatic rings. The fourth-order valence-electron chi connectivity index (χ4n) is 2.97. The molecule has 0 heteroatoms. The average Bonchev–Trinajstić information content (AvgIpc) is 2.59. The molecule has 0 atom stereocenters. The minimum atomic E-state index is 1.20. The van der Waals surface area contributed by atoms with Gasteiger partial charge in [-0.2, -0.15) is 0 Å². The number of benzene rings is 2. The van der Waals surface area contributed by atoms with Gasteiger partial charge >= 0.3 is 0 Å². The maximum atomic E-state index is 2.41. The van der Waals surface area contributed by atoms with Crippen LogP contribution in [0.2, 0.25) is 0 Å². The van der Waals surface area contributed by atoms with Crippen molar-refractivity contribution < 1.29 is 0 Å². The van der Waals surface area contributed by atoms with Crippen molar-refractivity contribution in [3.63, 3.8) is 0 Å². The molecule has 0 amide bonds. The Balaban J connectivity index is 1.74. The first-order chi connectivity index (χ1) is 11.3. The van der Waals surface area contributed by atoms with Crippen molar-refractivity contribution in [2.24, 2.45) is 0 Å². The Morgan fingerprint density at radius 1 is 0.826 bits per heavy atom. The van der Waals surface area contributed by atoms with E-state index in [1.54, 1.807) is 0 Å². The van der Waals surface area contributed by atoms with Crippen molar-refractivity contribution in [2.45, 2.75) is 58.8 Å². The van der Waals surface area contributed by atoms with Crippen LogP contribution in [0.3, 0.4) is 0 Å². The predicted octanol–water partition coefficient (Wildman–Crippen LogP) is 7.55. The van der Waals surface area contributed by atoms with Gasteiger partial charge in [0.15, 0.2) is 0 Å². The Hall–Kier alpha value is -1.82. The van der Waals surface area contributed by atoms with Crippen LogP contribution in [0.4, 0.5) is 0 Å². The zero-order valence-corrected chi connectivity index (χ0v) is 14.7. The van der Waals surface area contributed by atoms with Crippen molar-refractivity contribution in [1.82, 2.24) is 0 Å². The molecule has 23 heavy (non-hydrogen) atoms. The van der Waals surface area contributed by atoms with Crippen molar-refractivity contribution in [2.75, 3.05) is 0 Å². The molecule has 0 heterocycles. The van der Waals surface area contributed by atoms with Crippen LogP contribution in [0.5, 0.6) is 0 Å². The Morgan fingerprint density at radius 3 is 2.30 bits per heavy atom. The summed E-state index contributed by atoms with van der Waals surface area (Å²) in [6, 6.07) is 15.4.